The van der Waals surface area contributed by atoms with Gasteiger partial charge in [0.2, 0.25) is 5.91 Å². The number of rotatable bonds is 12. The third-order valence-electron chi connectivity index (χ3n) is 9.77. The number of hydrogen-bond donors (Lipinski definition) is 6. The van der Waals surface area contributed by atoms with Crippen molar-refractivity contribution in [3.8, 4) is 0 Å². The van der Waals surface area contributed by atoms with Crippen LogP contribution in [0.3, 0.4) is 0 Å². The Balaban J connectivity index is 2.00. The van der Waals surface area contributed by atoms with Gasteiger partial charge >= 0.3 is 11.9 Å². The van der Waals surface area contributed by atoms with Crippen LogP contribution in [0, 0.1) is 13.8 Å². The highest BCUT2D eigenvalue weighted by atomic mass is 16.4. The van der Waals surface area contributed by atoms with Gasteiger partial charge in [0.15, 0.2) is 5.78 Å². The number of nitrogens with zero attached hydrogens (tertiary/aromatic N) is 2. The predicted molar refractivity (Wildman–Crippen MR) is 204 cm³/mol. The number of aromatic nitrogens is 4. The summed E-state index contributed by atoms with van der Waals surface area (Å²) in [5.74, 6) is -2.77. The van der Waals surface area contributed by atoms with Crippen LogP contribution in [0.4, 0.5) is 0 Å². The lowest BCUT2D eigenvalue weighted by Gasteiger charge is -2.16. The molecule has 0 saturated carbocycles. The Hall–Kier alpha value is -5.88. The van der Waals surface area contributed by atoms with Crippen LogP contribution in [0.1, 0.15) is 102 Å². The predicted octanol–water partition coefficient (Wildman–Crippen LogP) is 6.54. The van der Waals surface area contributed by atoms with Gasteiger partial charge in [-0.25, -0.2) is 9.97 Å². The van der Waals surface area contributed by atoms with E-state index in [9.17, 15) is 29.4 Å². The molecule has 0 aromatic carbocycles. The van der Waals surface area contributed by atoms with Gasteiger partial charge in [0.05, 0.1) is 45.9 Å². The Bertz CT molecular complexity index is 2300. The molecule has 0 fully saturated rings. The zero-order valence-electron chi connectivity index (χ0n) is 30.3. The molecule has 2 aliphatic rings. The number of allylic oxidation sites excluding steroid dienone is 5. The molecule has 12 heteroatoms. The summed E-state index contributed by atoms with van der Waals surface area (Å²) in [6.45, 7) is 18.8. The van der Waals surface area contributed by atoms with Crippen LogP contribution < -0.4 is 11.1 Å². The smallest absolute Gasteiger partial charge is 0.303 e. The molecule has 0 spiro atoms. The zero-order valence-corrected chi connectivity index (χ0v) is 30.3. The molecule has 7 N–H and O–H groups in total. The van der Waals surface area contributed by atoms with E-state index in [1.807, 2.05) is 45.9 Å². The second-order valence-corrected chi connectivity index (χ2v) is 13.3. The maximum absolute atomic E-state index is 14.5. The van der Waals surface area contributed by atoms with Gasteiger partial charge in [-0.15, -0.1) is 0 Å². The van der Waals surface area contributed by atoms with E-state index in [1.54, 1.807) is 19.1 Å². The summed E-state index contributed by atoms with van der Waals surface area (Å²) in [6, 6.07) is 3.74. The molecule has 8 bridgehead atoms. The average Bonchev–Trinajstić information content (AvgIpc) is 3.75. The fourth-order valence-electron chi connectivity index (χ4n) is 6.75. The quantitative estimate of drug-likeness (QED) is 0.113. The van der Waals surface area contributed by atoms with Crippen LogP contribution in [0.25, 0.3) is 50.4 Å². The second-order valence-electron chi connectivity index (χ2n) is 13.3. The Morgan fingerprint density at radius 1 is 0.827 bits per heavy atom. The van der Waals surface area contributed by atoms with Gasteiger partial charge in [-0.05, 0) is 106 Å². The Morgan fingerprint density at radius 2 is 1.44 bits per heavy atom. The maximum Gasteiger partial charge on any atom is 0.303 e. The molecular formula is C40H44N6O6. The Morgan fingerprint density at radius 3 is 2.06 bits per heavy atom. The minimum atomic E-state index is -0.970. The number of carbonyl (C=O) groups is 4. The minimum Gasteiger partial charge on any atom is -0.481 e. The van der Waals surface area contributed by atoms with E-state index in [-0.39, 0.29) is 31.2 Å². The third kappa shape index (κ3) is 7.02. The molecule has 12 nitrogen and oxygen atoms in total. The number of H-pyrrole nitrogens is 2. The van der Waals surface area contributed by atoms with Crippen LogP contribution in [0.15, 0.2) is 37.4 Å². The summed E-state index contributed by atoms with van der Waals surface area (Å²) in [7, 11) is 0. The van der Waals surface area contributed by atoms with Crippen molar-refractivity contribution in [2.45, 2.75) is 79.3 Å². The number of aryl methyl sites for hydroxylation is 3. The lowest BCUT2D eigenvalue weighted by molar-refractivity contribution is -0.137. The average molecular weight is 705 g/mol. The number of fused-ring (bicyclic) bond motifs is 8. The fraction of sp³-hybridized carbons (Fsp3) is 0.300. The summed E-state index contributed by atoms with van der Waals surface area (Å²) < 4.78 is 0. The number of hydrogen-bond acceptors (Lipinski definition) is 7. The molecule has 2 aliphatic heterocycles. The van der Waals surface area contributed by atoms with Gasteiger partial charge in [-0.1, -0.05) is 25.3 Å². The number of carboxylic acids is 2. The molecular weight excluding hydrogens is 660 g/mol. The summed E-state index contributed by atoms with van der Waals surface area (Å²) >= 11 is 0. The number of aromatic amines is 2. The topological polar surface area (TPSA) is 204 Å². The van der Waals surface area contributed by atoms with Crippen molar-refractivity contribution in [2.75, 3.05) is 0 Å². The summed E-state index contributed by atoms with van der Waals surface area (Å²) in [5, 5.41) is 21.9. The van der Waals surface area contributed by atoms with Crippen molar-refractivity contribution in [1.82, 2.24) is 25.3 Å². The number of aliphatic carboxylic acids is 2. The maximum atomic E-state index is 14.5. The molecule has 0 aliphatic carbocycles. The molecule has 5 rings (SSSR count). The second kappa shape index (κ2) is 14.8. The molecule has 0 unspecified atom stereocenters. The summed E-state index contributed by atoms with van der Waals surface area (Å²) in [5.41, 5.74) is 16.5. The molecule has 3 aromatic heterocycles. The first-order valence-electron chi connectivity index (χ1n) is 17.1. The van der Waals surface area contributed by atoms with Crippen molar-refractivity contribution in [3.05, 3.63) is 88.0 Å². The van der Waals surface area contributed by atoms with E-state index in [0.717, 1.165) is 27.8 Å². The highest BCUT2D eigenvalue weighted by molar-refractivity contribution is 6.14. The number of amides is 1. The van der Waals surface area contributed by atoms with Crippen molar-refractivity contribution in [2.24, 2.45) is 5.73 Å². The highest BCUT2D eigenvalue weighted by Crippen LogP contribution is 2.38. The van der Waals surface area contributed by atoms with Crippen LogP contribution in [0.5, 0.6) is 0 Å². The van der Waals surface area contributed by atoms with Gasteiger partial charge in [-0.2, -0.15) is 0 Å². The van der Waals surface area contributed by atoms with Gasteiger partial charge in [0, 0.05) is 40.5 Å². The monoisotopic (exact) mass is 704 g/mol. The van der Waals surface area contributed by atoms with Crippen LogP contribution in [0.2, 0.25) is 0 Å². The Kier molecular flexibility index (Phi) is 10.6. The van der Waals surface area contributed by atoms with E-state index < -0.39 is 35.7 Å². The van der Waals surface area contributed by atoms with E-state index in [1.165, 1.54) is 6.92 Å². The first kappa shape index (κ1) is 37.4. The van der Waals surface area contributed by atoms with Crippen molar-refractivity contribution < 1.29 is 29.4 Å². The van der Waals surface area contributed by atoms with Gasteiger partial charge in [-0.3, -0.25) is 19.2 Å². The number of carboxylic acid groups (broad SMARTS) is 2. The highest BCUT2D eigenvalue weighted by Gasteiger charge is 2.29. The zero-order chi connectivity index (χ0) is 38.2. The minimum absolute atomic E-state index is 0.106. The van der Waals surface area contributed by atoms with Gasteiger partial charge in [0.1, 0.15) is 0 Å². The third-order valence-corrected chi connectivity index (χ3v) is 9.77. The molecule has 270 valence electrons. The van der Waals surface area contributed by atoms with Crippen molar-refractivity contribution in [1.29, 1.82) is 0 Å². The molecule has 3 aromatic rings. The standard InChI is InChI=1S/C40H44N6O6/c1-9-24-21(6)37-36(39(51)23(8)42-40(52)22(7)41)38-25(10-2)18(3)30(45-38)15-28-19(4)26(11-13-34(47)48)32(43-28)17-33-27(12-14-35(49)50)20(5)29(44-33)16-31(24)46-37/h9-10,15-17,22-23,44-45H,1-2,11-14,41H2,3-8H3,(H,42,52)(H,47,48)(H,49,50)/t22-,23-/m0/s1. The summed E-state index contributed by atoms with van der Waals surface area (Å²) in [6.07, 6.45) is 3.58. The van der Waals surface area contributed by atoms with E-state index in [0.29, 0.717) is 61.6 Å². The molecule has 5 heterocycles. The van der Waals surface area contributed by atoms with Crippen molar-refractivity contribution >= 4 is 74.1 Å². The number of nitrogens with one attached hydrogen (secondary N) is 3. The molecule has 0 radical (unpaired) electrons. The fourth-order valence-corrected chi connectivity index (χ4v) is 6.75. The largest absolute Gasteiger partial charge is 0.481 e. The van der Waals surface area contributed by atoms with E-state index in [4.69, 9.17) is 15.7 Å². The normalized spacial score (nSPS) is 13.9. The summed E-state index contributed by atoms with van der Waals surface area (Å²) in [4.78, 5) is 67.5. The number of Topliss-reactive ketones (excluding diaryl/α,β-unsaturated/α-hetero) is 1. The molecule has 52 heavy (non-hydrogen) atoms. The van der Waals surface area contributed by atoms with Crippen LogP contribution >= 0.6 is 0 Å². The van der Waals surface area contributed by atoms with Gasteiger partial charge in [0.25, 0.3) is 0 Å². The van der Waals surface area contributed by atoms with Crippen molar-refractivity contribution in [3.63, 3.8) is 0 Å². The molecule has 1 amide bonds. The number of nitrogens with two attached hydrogens (primary N) is 1. The first-order chi connectivity index (χ1) is 24.6. The SMILES string of the molecule is C=CC1=C(C)c2nc1cc1[nH]c(cc3nc(cc4[nH]c(c(C=C)c4C)c2C(=O)[C@H](C)NC(=O)[C@H](C)N)C(C)=C3CCC(=O)O)c(CCC(=O)O)c1C. The van der Waals surface area contributed by atoms with E-state index in [2.05, 4.69) is 28.4 Å². The van der Waals surface area contributed by atoms with Crippen LogP contribution in [-0.2, 0) is 20.8 Å². The molecule has 0 saturated heterocycles. The Labute approximate surface area is 301 Å². The molecule has 2 atom stereocenters. The van der Waals surface area contributed by atoms with Gasteiger partial charge < -0.3 is 31.2 Å². The lowest BCUT2D eigenvalue weighted by Crippen LogP contribution is -2.46. The van der Waals surface area contributed by atoms with E-state index >= 15 is 0 Å². The first-order valence-corrected chi connectivity index (χ1v) is 17.1. The van der Waals surface area contributed by atoms with Crippen LogP contribution in [-0.4, -0.2) is 65.9 Å². The number of ketones is 1. The number of carbonyl (C=O) groups excluding carboxylic acids is 2. The lowest BCUT2D eigenvalue weighted by atomic mass is 9.96.